The molecule has 0 radical (unpaired) electrons. The Kier molecular flexibility index (Phi) is 6.93. The van der Waals surface area contributed by atoms with Crippen molar-refractivity contribution in [3.63, 3.8) is 0 Å². The topological polar surface area (TPSA) is 59.1 Å². The monoisotopic (exact) mass is 422 g/mol. The van der Waals surface area contributed by atoms with Crippen LogP contribution >= 0.6 is 22.9 Å². The van der Waals surface area contributed by atoms with Crippen LogP contribution in [0.25, 0.3) is 0 Å². The number of carbonyl (C=O) groups is 2. The number of ketones is 1. The Hall–Kier alpha value is -2.09. The van der Waals surface area contributed by atoms with Crippen LogP contribution in [0, 0.1) is 0 Å². The lowest BCUT2D eigenvalue weighted by atomic mass is 10.1. The summed E-state index contributed by atoms with van der Waals surface area (Å²) in [6.45, 7) is 1.87. The maximum Gasteiger partial charge on any atom is 0.414 e. The second kappa shape index (κ2) is 9.41. The second-order valence-corrected chi connectivity index (χ2v) is 8.33. The van der Waals surface area contributed by atoms with Gasteiger partial charge in [-0.15, -0.1) is 11.3 Å². The zero-order chi connectivity index (χ0) is 20.1. The van der Waals surface area contributed by atoms with Crippen LogP contribution in [-0.2, 0) is 9.47 Å². The van der Waals surface area contributed by atoms with Gasteiger partial charge in [0.2, 0.25) is 0 Å². The number of amides is 1. The fourth-order valence-corrected chi connectivity index (χ4v) is 4.02. The molecule has 1 aromatic carbocycles. The molecule has 0 bridgehead atoms. The van der Waals surface area contributed by atoms with E-state index in [1.165, 1.54) is 11.3 Å². The number of methoxy groups -OCH3 is 1. The Labute approximate surface area is 173 Å². The van der Waals surface area contributed by atoms with Crippen LogP contribution in [-0.4, -0.2) is 51.8 Å². The summed E-state index contributed by atoms with van der Waals surface area (Å²) in [5, 5.41) is 0. The van der Waals surface area contributed by atoms with Crippen LogP contribution in [0.5, 0.6) is 0 Å². The summed E-state index contributed by atoms with van der Waals surface area (Å²) in [6, 6.07) is 11.2. The van der Waals surface area contributed by atoms with E-state index in [9.17, 15) is 9.59 Å². The van der Waals surface area contributed by atoms with E-state index in [1.807, 2.05) is 31.3 Å². The van der Waals surface area contributed by atoms with Crippen LogP contribution in [0.1, 0.15) is 22.5 Å². The van der Waals surface area contributed by atoms with Crippen molar-refractivity contribution in [3.05, 3.63) is 45.6 Å². The van der Waals surface area contributed by atoms with Gasteiger partial charge in [0.15, 0.2) is 5.78 Å². The summed E-state index contributed by atoms with van der Waals surface area (Å²) < 4.78 is 11.1. The smallest absolute Gasteiger partial charge is 0.414 e. The molecule has 0 saturated carbocycles. The quantitative estimate of drug-likeness (QED) is 0.558. The molecule has 1 aliphatic heterocycles. The number of ether oxygens (including phenoxy) is 2. The summed E-state index contributed by atoms with van der Waals surface area (Å²) >= 11 is 7.14. The highest BCUT2D eigenvalue weighted by molar-refractivity contribution is 7.18. The van der Waals surface area contributed by atoms with E-state index in [1.54, 1.807) is 24.1 Å². The molecule has 1 saturated heterocycles. The number of hydrogen-bond acceptors (Lipinski definition) is 6. The highest BCUT2D eigenvalue weighted by Crippen LogP contribution is 2.27. The predicted molar refractivity (Wildman–Crippen MR) is 112 cm³/mol. The lowest BCUT2D eigenvalue weighted by molar-refractivity contribution is 0.0943. The van der Waals surface area contributed by atoms with Crippen LogP contribution in [0.15, 0.2) is 36.4 Å². The zero-order valence-electron chi connectivity index (χ0n) is 15.9. The van der Waals surface area contributed by atoms with E-state index < -0.39 is 0 Å². The van der Waals surface area contributed by atoms with E-state index in [-0.39, 0.29) is 18.0 Å². The van der Waals surface area contributed by atoms with Gasteiger partial charge in [-0.25, -0.2) is 4.79 Å². The van der Waals surface area contributed by atoms with Gasteiger partial charge in [0.1, 0.15) is 6.10 Å². The number of Topliss-reactive ketones (excluding diaryl/α,β-unsaturated/α-hetero) is 1. The summed E-state index contributed by atoms with van der Waals surface area (Å²) in [7, 11) is 3.67. The molecule has 3 rings (SSSR count). The SMILES string of the molecule is COCCN(C)c1ccc(N2C[C@H](CCC(=O)c3ccc(Cl)s3)OC2=O)cc1. The van der Waals surface area contributed by atoms with E-state index in [0.717, 1.165) is 17.9 Å². The number of likely N-dealkylation sites (N-methyl/N-ethyl adjacent to an activating group) is 1. The predicted octanol–water partition coefficient (Wildman–Crippen LogP) is 4.47. The average molecular weight is 423 g/mol. The summed E-state index contributed by atoms with van der Waals surface area (Å²) in [4.78, 5) is 28.8. The molecule has 0 unspecified atom stereocenters. The maximum absolute atomic E-state index is 12.2. The molecule has 1 amide bonds. The molecule has 1 fully saturated rings. The molecule has 6 nitrogen and oxygen atoms in total. The van der Waals surface area contributed by atoms with Crippen LogP contribution in [0.4, 0.5) is 16.2 Å². The first-order valence-corrected chi connectivity index (χ1v) is 10.2. The van der Waals surface area contributed by atoms with Crippen LogP contribution < -0.4 is 9.80 Å². The summed E-state index contributed by atoms with van der Waals surface area (Å²) in [5.41, 5.74) is 1.83. The van der Waals surface area contributed by atoms with Gasteiger partial charge in [-0.3, -0.25) is 9.69 Å². The summed E-state index contributed by atoms with van der Waals surface area (Å²) in [6.07, 6.45) is 0.147. The first kappa shape index (κ1) is 20.6. The Morgan fingerprint density at radius 1 is 1.32 bits per heavy atom. The molecule has 1 aliphatic rings. The number of rotatable bonds is 9. The van der Waals surface area contributed by atoms with Crippen molar-refractivity contribution < 1.29 is 19.1 Å². The molecule has 1 atom stereocenters. The van der Waals surface area contributed by atoms with Crippen molar-refractivity contribution in [2.45, 2.75) is 18.9 Å². The van der Waals surface area contributed by atoms with Crippen molar-refractivity contribution in [1.82, 2.24) is 0 Å². The zero-order valence-corrected chi connectivity index (χ0v) is 17.5. The maximum atomic E-state index is 12.2. The molecule has 1 aromatic heterocycles. The fraction of sp³-hybridized carbons (Fsp3) is 0.400. The molecular weight excluding hydrogens is 400 g/mol. The van der Waals surface area contributed by atoms with Gasteiger partial charge in [-0.2, -0.15) is 0 Å². The average Bonchev–Trinajstić information content (AvgIpc) is 3.30. The molecule has 0 aliphatic carbocycles. The third-order valence-electron chi connectivity index (χ3n) is 4.65. The molecule has 150 valence electrons. The Morgan fingerprint density at radius 2 is 2.07 bits per heavy atom. The van der Waals surface area contributed by atoms with Crippen molar-refractivity contribution in [2.24, 2.45) is 0 Å². The number of cyclic esters (lactones) is 1. The normalized spacial score (nSPS) is 16.3. The molecule has 2 aromatic rings. The molecule has 8 heteroatoms. The van der Waals surface area contributed by atoms with Gasteiger partial charge in [-0.1, -0.05) is 11.6 Å². The molecule has 2 heterocycles. The van der Waals surface area contributed by atoms with Crippen LogP contribution in [0.3, 0.4) is 0 Å². The number of hydrogen-bond donors (Lipinski definition) is 0. The molecule has 0 spiro atoms. The van der Waals surface area contributed by atoms with E-state index >= 15 is 0 Å². The molecule has 0 N–H and O–H groups in total. The van der Waals surface area contributed by atoms with E-state index in [2.05, 4.69) is 4.90 Å². The van der Waals surface area contributed by atoms with Gasteiger partial charge < -0.3 is 14.4 Å². The number of thiophene rings is 1. The van der Waals surface area contributed by atoms with Crippen molar-refractivity contribution in [1.29, 1.82) is 0 Å². The molecule has 28 heavy (non-hydrogen) atoms. The van der Waals surface area contributed by atoms with E-state index in [4.69, 9.17) is 21.1 Å². The van der Waals surface area contributed by atoms with Gasteiger partial charge >= 0.3 is 6.09 Å². The lowest BCUT2D eigenvalue weighted by Gasteiger charge is -2.20. The Balaban J connectivity index is 1.54. The number of halogens is 1. The van der Waals surface area contributed by atoms with Gasteiger partial charge in [0.25, 0.3) is 0 Å². The van der Waals surface area contributed by atoms with E-state index in [0.29, 0.717) is 35.2 Å². The third kappa shape index (κ3) is 5.04. The lowest BCUT2D eigenvalue weighted by Crippen LogP contribution is -2.25. The van der Waals surface area contributed by atoms with Gasteiger partial charge in [0, 0.05) is 38.5 Å². The second-order valence-electron chi connectivity index (χ2n) is 6.61. The highest BCUT2D eigenvalue weighted by atomic mass is 35.5. The minimum absolute atomic E-state index is 0.0230. The largest absolute Gasteiger partial charge is 0.444 e. The minimum Gasteiger partial charge on any atom is -0.444 e. The first-order valence-electron chi connectivity index (χ1n) is 9.04. The third-order valence-corrected chi connectivity index (χ3v) is 5.92. The minimum atomic E-state index is -0.378. The first-order chi connectivity index (χ1) is 13.5. The van der Waals surface area contributed by atoms with Gasteiger partial charge in [-0.05, 0) is 42.8 Å². The number of anilines is 2. The van der Waals surface area contributed by atoms with Crippen molar-refractivity contribution in [3.8, 4) is 0 Å². The fourth-order valence-electron chi connectivity index (χ4n) is 3.01. The molecular formula is C20H23ClN2O4S. The Bertz CT molecular complexity index is 824. The standard InChI is InChI=1S/C20H23ClN2O4S/c1-22(11-12-26-2)14-3-5-15(6-4-14)23-13-16(27-20(23)25)7-8-17(24)18-9-10-19(21)28-18/h3-6,9-10,16H,7-8,11-13H2,1-2H3/t16-/m0/s1. The van der Waals surface area contributed by atoms with Crippen molar-refractivity contribution >= 4 is 46.2 Å². The number of nitrogens with zero attached hydrogens (tertiary/aromatic N) is 2. The highest BCUT2D eigenvalue weighted by Gasteiger charge is 2.32. The Morgan fingerprint density at radius 3 is 2.71 bits per heavy atom. The number of carbonyl (C=O) groups excluding carboxylic acids is 2. The summed E-state index contributed by atoms with van der Waals surface area (Å²) in [5.74, 6) is 0.0230. The van der Waals surface area contributed by atoms with Crippen molar-refractivity contribution in [2.75, 3.05) is 43.7 Å². The van der Waals surface area contributed by atoms with Crippen LogP contribution in [0.2, 0.25) is 4.34 Å². The number of benzene rings is 1. The van der Waals surface area contributed by atoms with Gasteiger partial charge in [0.05, 0.1) is 22.4 Å².